The highest BCUT2D eigenvalue weighted by atomic mass is 32.1. The number of para-hydroxylation sites is 1. The number of amides is 2. The zero-order valence-electron chi connectivity index (χ0n) is 24.5. The summed E-state index contributed by atoms with van der Waals surface area (Å²) < 4.78 is 7.29. The first-order chi connectivity index (χ1) is 21.5. The lowest BCUT2D eigenvalue weighted by molar-refractivity contribution is -0.138. The lowest BCUT2D eigenvalue weighted by Crippen LogP contribution is -2.49. The molecule has 0 spiro atoms. The molecule has 3 aromatic heterocycles. The quantitative estimate of drug-likeness (QED) is 0.225. The summed E-state index contributed by atoms with van der Waals surface area (Å²) in [6.45, 7) is 3.40. The number of pyridine rings is 1. The molecule has 3 N–H and O–H groups in total. The number of nitrogens with one attached hydrogen (secondary N) is 3. The Morgan fingerprint density at radius 3 is 2.66 bits per heavy atom. The van der Waals surface area contributed by atoms with Crippen molar-refractivity contribution in [1.82, 2.24) is 30.0 Å². The minimum Gasteiger partial charge on any atom is -0.456 e. The van der Waals surface area contributed by atoms with Crippen molar-refractivity contribution in [2.24, 2.45) is 5.92 Å². The van der Waals surface area contributed by atoms with Crippen molar-refractivity contribution >= 4 is 55.4 Å². The third kappa shape index (κ3) is 5.95. The Balaban J connectivity index is 1.02. The van der Waals surface area contributed by atoms with Gasteiger partial charge in [-0.2, -0.15) is 5.10 Å². The second kappa shape index (κ2) is 12.2. The van der Waals surface area contributed by atoms with E-state index in [0.29, 0.717) is 40.2 Å². The van der Waals surface area contributed by atoms with E-state index in [-0.39, 0.29) is 23.8 Å². The molecule has 2 aliphatic rings. The molecule has 0 unspecified atom stereocenters. The van der Waals surface area contributed by atoms with Crippen LogP contribution in [0.2, 0.25) is 0 Å². The number of anilines is 2. The van der Waals surface area contributed by atoms with Gasteiger partial charge in [0.1, 0.15) is 16.9 Å². The number of benzene rings is 2. The highest BCUT2D eigenvalue weighted by Crippen LogP contribution is 2.34. The van der Waals surface area contributed by atoms with E-state index in [2.05, 4.69) is 42.7 Å². The molecule has 226 valence electrons. The highest BCUT2D eigenvalue weighted by molar-refractivity contribution is 7.22. The van der Waals surface area contributed by atoms with Crippen LogP contribution in [0.25, 0.3) is 21.3 Å². The van der Waals surface area contributed by atoms with Crippen LogP contribution in [-0.2, 0) is 4.79 Å². The molecule has 0 saturated carbocycles. The standard InChI is InChI=1S/C32H34N8O3S/c1-39-17-13-21(14-18-39)31(42)40-16-4-5-22(19-40)34-29-27-25(12-15-33-28(27)37-38-29)43-23-10-8-20(9-11-23)30(41)36-32-35-24-6-2-3-7-26(24)44-32/h2-3,6-12,15,21-22H,4-5,13-14,16-19H2,1H3,(H,35,36,41)(H2,33,34,37,38)/t22-/m1/s1. The minimum absolute atomic E-state index is 0.0757. The molecule has 44 heavy (non-hydrogen) atoms. The average Bonchev–Trinajstić information content (AvgIpc) is 3.65. The molecular weight excluding hydrogens is 576 g/mol. The van der Waals surface area contributed by atoms with Gasteiger partial charge in [0.05, 0.1) is 10.2 Å². The van der Waals surface area contributed by atoms with Crippen molar-refractivity contribution in [3.8, 4) is 11.5 Å². The van der Waals surface area contributed by atoms with Gasteiger partial charge in [-0.25, -0.2) is 9.97 Å². The molecule has 2 amide bonds. The van der Waals surface area contributed by atoms with E-state index in [9.17, 15) is 9.59 Å². The second-order valence-corrected chi connectivity index (χ2v) is 12.5. The average molecular weight is 611 g/mol. The number of carbonyl (C=O) groups excluding carboxylic acids is 2. The fraction of sp³-hybridized carbons (Fsp3) is 0.344. The van der Waals surface area contributed by atoms with Crippen LogP contribution in [0.15, 0.2) is 60.8 Å². The van der Waals surface area contributed by atoms with Gasteiger partial charge in [0.25, 0.3) is 5.91 Å². The van der Waals surface area contributed by atoms with Gasteiger partial charge < -0.3 is 19.9 Å². The molecule has 7 rings (SSSR count). The molecule has 0 radical (unpaired) electrons. The van der Waals surface area contributed by atoms with Gasteiger partial charge in [-0.3, -0.25) is 20.0 Å². The van der Waals surface area contributed by atoms with E-state index < -0.39 is 0 Å². The van der Waals surface area contributed by atoms with Gasteiger partial charge in [-0.1, -0.05) is 23.5 Å². The Morgan fingerprint density at radius 1 is 1.02 bits per heavy atom. The predicted octanol–water partition coefficient (Wildman–Crippen LogP) is 5.36. The predicted molar refractivity (Wildman–Crippen MR) is 171 cm³/mol. The lowest BCUT2D eigenvalue weighted by Gasteiger charge is -2.37. The molecule has 2 fully saturated rings. The van der Waals surface area contributed by atoms with Crippen LogP contribution in [-0.4, -0.2) is 81.0 Å². The number of H-pyrrole nitrogens is 1. The molecule has 1 atom stereocenters. The Kier molecular flexibility index (Phi) is 7.84. The monoisotopic (exact) mass is 610 g/mol. The summed E-state index contributed by atoms with van der Waals surface area (Å²) in [7, 11) is 2.11. The van der Waals surface area contributed by atoms with Crippen LogP contribution < -0.4 is 15.4 Å². The van der Waals surface area contributed by atoms with Gasteiger partial charge in [-0.05, 0) is 82.2 Å². The number of nitrogens with zero attached hydrogens (tertiary/aromatic N) is 5. The summed E-state index contributed by atoms with van der Waals surface area (Å²) >= 11 is 1.44. The first-order valence-electron chi connectivity index (χ1n) is 15.0. The molecule has 5 aromatic rings. The van der Waals surface area contributed by atoms with Crippen LogP contribution in [0, 0.1) is 5.92 Å². The summed E-state index contributed by atoms with van der Waals surface area (Å²) in [4.78, 5) is 39.4. The Hall–Kier alpha value is -4.55. The zero-order valence-corrected chi connectivity index (χ0v) is 25.3. The summed E-state index contributed by atoms with van der Waals surface area (Å²) in [5, 5.41) is 15.3. The van der Waals surface area contributed by atoms with Crippen LogP contribution >= 0.6 is 11.3 Å². The molecule has 2 aliphatic heterocycles. The number of thiazole rings is 1. The van der Waals surface area contributed by atoms with Crippen LogP contribution in [0.3, 0.4) is 0 Å². The molecule has 2 aromatic carbocycles. The number of fused-ring (bicyclic) bond motifs is 2. The minimum atomic E-state index is -0.237. The first kappa shape index (κ1) is 28.2. The van der Waals surface area contributed by atoms with Gasteiger partial charge in [0, 0.05) is 42.9 Å². The van der Waals surface area contributed by atoms with Gasteiger partial charge in [-0.15, -0.1) is 0 Å². The maximum atomic E-state index is 13.3. The van der Waals surface area contributed by atoms with Gasteiger partial charge in [0.15, 0.2) is 16.6 Å². The van der Waals surface area contributed by atoms with Gasteiger partial charge >= 0.3 is 0 Å². The third-order valence-corrected chi connectivity index (χ3v) is 9.38. The van der Waals surface area contributed by atoms with Crippen molar-refractivity contribution in [2.45, 2.75) is 31.7 Å². The van der Waals surface area contributed by atoms with Crippen molar-refractivity contribution in [3.05, 3.63) is 66.4 Å². The van der Waals surface area contributed by atoms with Crippen molar-refractivity contribution in [1.29, 1.82) is 0 Å². The molecule has 11 nitrogen and oxygen atoms in total. The zero-order chi connectivity index (χ0) is 30.0. The van der Waals surface area contributed by atoms with E-state index in [1.807, 2.05) is 29.2 Å². The van der Waals surface area contributed by atoms with Crippen molar-refractivity contribution in [2.75, 3.05) is 43.9 Å². The van der Waals surface area contributed by atoms with Crippen molar-refractivity contribution in [3.63, 3.8) is 0 Å². The van der Waals surface area contributed by atoms with Crippen molar-refractivity contribution < 1.29 is 14.3 Å². The number of carbonyl (C=O) groups is 2. The smallest absolute Gasteiger partial charge is 0.257 e. The van der Waals surface area contributed by atoms with Gasteiger partial charge in [0.2, 0.25) is 5.91 Å². The number of likely N-dealkylation sites (tertiary alicyclic amines) is 2. The van der Waals surface area contributed by atoms with Crippen LogP contribution in [0.5, 0.6) is 11.5 Å². The summed E-state index contributed by atoms with van der Waals surface area (Å²) in [5.41, 5.74) is 1.96. The Bertz CT molecular complexity index is 1760. The number of piperidine rings is 2. The van der Waals surface area contributed by atoms with E-state index in [1.54, 1.807) is 36.5 Å². The fourth-order valence-corrected chi connectivity index (χ4v) is 6.87. The first-order valence-corrected chi connectivity index (χ1v) is 15.8. The van der Waals surface area contributed by atoms with Crippen LogP contribution in [0.4, 0.5) is 10.9 Å². The number of aromatic nitrogens is 4. The lowest BCUT2D eigenvalue weighted by atomic mass is 9.94. The Morgan fingerprint density at radius 2 is 1.84 bits per heavy atom. The van der Waals surface area contributed by atoms with E-state index >= 15 is 0 Å². The number of rotatable bonds is 7. The topological polar surface area (TPSA) is 128 Å². The molecule has 0 bridgehead atoms. The molecule has 2 saturated heterocycles. The highest BCUT2D eigenvalue weighted by Gasteiger charge is 2.31. The summed E-state index contributed by atoms with van der Waals surface area (Å²) in [6, 6.07) is 16.6. The molecule has 5 heterocycles. The SMILES string of the molecule is CN1CCC(C(=O)N2CCC[C@@H](Nc3n[nH]c4nccc(Oc5ccc(C(=O)Nc6nc7ccccc7s6)cc5)c34)C2)CC1. The molecular formula is C32H34N8O3S. The van der Waals surface area contributed by atoms with E-state index in [0.717, 1.165) is 60.9 Å². The molecule has 12 heteroatoms. The third-order valence-electron chi connectivity index (χ3n) is 8.42. The normalized spacial score (nSPS) is 18.0. The maximum Gasteiger partial charge on any atom is 0.257 e. The summed E-state index contributed by atoms with van der Waals surface area (Å²) in [6.07, 6.45) is 5.41. The largest absolute Gasteiger partial charge is 0.456 e. The number of aromatic amines is 1. The maximum absolute atomic E-state index is 13.3. The second-order valence-electron chi connectivity index (χ2n) is 11.5. The van der Waals surface area contributed by atoms with Crippen LogP contribution in [0.1, 0.15) is 36.0 Å². The fourth-order valence-electron chi connectivity index (χ4n) is 6.01. The summed E-state index contributed by atoms with van der Waals surface area (Å²) in [5.74, 6) is 1.97. The van der Waals surface area contributed by atoms with E-state index in [4.69, 9.17) is 4.74 Å². The Labute approximate surface area is 258 Å². The number of hydrogen-bond acceptors (Lipinski definition) is 9. The molecule has 0 aliphatic carbocycles. The van der Waals surface area contributed by atoms with E-state index in [1.165, 1.54) is 11.3 Å². The number of hydrogen-bond donors (Lipinski definition) is 3. The number of ether oxygens (including phenoxy) is 1.